The van der Waals surface area contributed by atoms with Crippen LogP contribution in [0.25, 0.3) is 0 Å². The predicted molar refractivity (Wildman–Crippen MR) is 119 cm³/mol. The number of hydrogen-bond acceptors (Lipinski definition) is 7. The summed E-state index contributed by atoms with van der Waals surface area (Å²) in [6.07, 6.45) is 2.72. The van der Waals surface area contributed by atoms with Crippen molar-refractivity contribution in [1.29, 1.82) is 0 Å². The zero-order valence-corrected chi connectivity index (χ0v) is 18.1. The molecule has 1 N–H and O–H groups in total. The molecule has 1 aromatic heterocycles. The molecule has 0 aliphatic carbocycles. The lowest BCUT2D eigenvalue weighted by Crippen LogP contribution is -2.00. The number of benzene rings is 2. The Bertz CT molecular complexity index is 1060. The summed E-state index contributed by atoms with van der Waals surface area (Å²) < 4.78 is 12.0. The average molecular weight is 492 g/mol. The third-order valence-corrected chi connectivity index (χ3v) is 4.87. The normalized spacial score (nSPS) is 10.8. The summed E-state index contributed by atoms with van der Waals surface area (Å²) in [6, 6.07) is 13.8. The van der Waals surface area contributed by atoms with Gasteiger partial charge in [-0.25, -0.2) is 4.98 Å². The summed E-state index contributed by atoms with van der Waals surface area (Å²) in [5.41, 5.74) is 4.34. The van der Waals surface area contributed by atoms with Crippen molar-refractivity contribution in [3.8, 4) is 11.5 Å². The van der Waals surface area contributed by atoms with Crippen LogP contribution in [0.4, 0.5) is 11.5 Å². The molecule has 154 valence electrons. The van der Waals surface area contributed by atoms with Crippen molar-refractivity contribution in [3.05, 3.63) is 85.5 Å². The topological polar surface area (TPSA) is 98.9 Å². The number of nitrogens with zero attached hydrogens (tertiary/aromatic N) is 3. The Kier molecular flexibility index (Phi) is 7.21. The monoisotopic (exact) mass is 490 g/mol. The molecule has 0 saturated heterocycles. The number of hydrazone groups is 1. The molecule has 0 saturated carbocycles. The van der Waals surface area contributed by atoms with E-state index in [0.29, 0.717) is 28.9 Å². The van der Waals surface area contributed by atoms with Gasteiger partial charge in [0.2, 0.25) is 0 Å². The number of hydrogen-bond donors (Lipinski definition) is 1. The van der Waals surface area contributed by atoms with Crippen LogP contribution in [0.15, 0.2) is 64.3 Å². The number of methoxy groups -OCH3 is 1. The Morgan fingerprint density at radius 2 is 2.00 bits per heavy atom. The van der Waals surface area contributed by atoms with Crippen molar-refractivity contribution < 1.29 is 14.4 Å². The number of nitro groups is 1. The van der Waals surface area contributed by atoms with Crippen LogP contribution in [0.1, 0.15) is 11.1 Å². The molecule has 2 aromatic carbocycles. The highest BCUT2D eigenvalue weighted by Crippen LogP contribution is 2.33. The van der Waals surface area contributed by atoms with Crippen LogP contribution in [0.5, 0.6) is 11.5 Å². The minimum atomic E-state index is -0.514. The summed E-state index contributed by atoms with van der Waals surface area (Å²) in [5, 5.41) is 15.4. The van der Waals surface area contributed by atoms with Crippen molar-refractivity contribution in [3.63, 3.8) is 0 Å². The standard InChI is InChI=1S/C20H16BrClN4O4/c1-29-18-8-14(10-24-25-20-7-6-16(11-23-20)26(27)28)17(21)9-19(18)30-12-13-2-4-15(22)5-3-13/h2-11H,12H2,1H3,(H,23,25)/b24-10-. The molecule has 3 rings (SSSR count). The van der Waals surface area contributed by atoms with Gasteiger partial charge in [-0.15, -0.1) is 0 Å². The molecule has 0 atom stereocenters. The van der Waals surface area contributed by atoms with Crippen LogP contribution in [-0.4, -0.2) is 23.2 Å². The van der Waals surface area contributed by atoms with E-state index in [9.17, 15) is 10.1 Å². The van der Waals surface area contributed by atoms with Crippen LogP contribution in [-0.2, 0) is 6.61 Å². The fourth-order valence-electron chi connectivity index (χ4n) is 2.39. The summed E-state index contributed by atoms with van der Waals surface area (Å²) in [4.78, 5) is 14.1. The number of halogens is 2. The number of rotatable bonds is 8. The van der Waals surface area contributed by atoms with E-state index in [1.54, 1.807) is 37.6 Å². The smallest absolute Gasteiger partial charge is 0.287 e. The second-order valence-electron chi connectivity index (χ2n) is 5.97. The minimum absolute atomic E-state index is 0.0915. The molecule has 0 radical (unpaired) electrons. The van der Waals surface area contributed by atoms with Gasteiger partial charge in [0.1, 0.15) is 18.6 Å². The number of anilines is 1. The average Bonchev–Trinajstić information content (AvgIpc) is 2.75. The molecular formula is C20H16BrClN4O4. The Labute approximate surface area is 185 Å². The molecule has 30 heavy (non-hydrogen) atoms. The summed E-state index contributed by atoms with van der Waals surface area (Å²) in [6.45, 7) is 0.362. The molecule has 0 bridgehead atoms. The highest BCUT2D eigenvalue weighted by atomic mass is 79.9. The van der Waals surface area contributed by atoms with Gasteiger partial charge in [0.05, 0.1) is 18.2 Å². The third-order valence-electron chi connectivity index (χ3n) is 3.93. The highest BCUT2D eigenvalue weighted by Gasteiger charge is 2.10. The summed E-state index contributed by atoms with van der Waals surface area (Å²) >= 11 is 9.40. The second-order valence-corrected chi connectivity index (χ2v) is 7.26. The second kappa shape index (κ2) is 10.0. The van der Waals surface area contributed by atoms with E-state index in [1.165, 1.54) is 12.1 Å². The lowest BCUT2D eigenvalue weighted by molar-refractivity contribution is -0.385. The van der Waals surface area contributed by atoms with Crippen LogP contribution < -0.4 is 14.9 Å². The van der Waals surface area contributed by atoms with Crippen LogP contribution in [0.2, 0.25) is 5.02 Å². The molecule has 8 nitrogen and oxygen atoms in total. The molecule has 0 aliphatic heterocycles. The SMILES string of the molecule is COc1cc(/C=N\Nc2ccc([N+](=O)[O-])cn2)c(Br)cc1OCc1ccc(Cl)cc1. The van der Waals surface area contributed by atoms with Crippen molar-refractivity contribution >= 4 is 45.3 Å². The van der Waals surface area contributed by atoms with E-state index in [4.69, 9.17) is 21.1 Å². The van der Waals surface area contributed by atoms with E-state index in [1.807, 2.05) is 12.1 Å². The van der Waals surface area contributed by atoms with E-state index in [-0.39, 0.29) is 5.69 Å². The molecule has 0 aliphatic rings. The molecular weight excluding hydrogens is 476 g/mol. The number of pyridine rings is 1. The van der Waals surface area contributed by atoms with Crippen molar-refractivity contribution in [1.82, 2.24) is 4.98 Å². The Morgan fingerprint density at radius 3 is 2.63 bits per heavy atom. The third kappa shape index (κ3) is 5.68. The van der Waals surface area contributed by atoms with Gasteiger partial charge < -0.3 is 9.47 Å². The summed E-state index contributed by atoms with van der Waals surface area (Å²) in [7, 11) is 1.55. The summed E-state index contributed by atoms with van der Waals surface area (Å²) in [5.74, 6) is 1.49. The molecule has 0 fully saturated rings. The maximum Gasteiger partial charge on any atom is 0.287 e. The number of aromatic nitrogens is 1. The van der Waals surface area contributed by atoms with Gasteiger partial charge in [0, 0.05) is 21.1 Å². The van der Waals surface area contributed by atoms with E-state index < -0.39 is 4.92 Å². The van der Waals surface area contributed by atoms with E-state index in [2.05, 4.69) is 31.4 Å². The van der Waals surface area contributed by atoms with Crippen LogP contribution in [0.3, 0.4) is 0 Å². The first-order chi connectivity index (χ1) is 14.5. The quantitative estimate of drug-likeness (QED) is 0.256. The van der Waals surface area contributed by atoms with Gasteiger partial charge in [0.25, 0.3) is 5.69 Å². The van der Waals surface area contributed by atoms with Crippen molar-refractivity contribution in [2.45, 2.75) is 6.61 Å². The van der Waals surface area contributed by atoms with Gasteiger partial charge in [0.15, 0.2) is 11.5 Å². The first-order valence-electron chi connectivity index (χ1n) is 8.60. The number of ether oxygens (including phenoxy) is 2. The highest BCUT2D eigenvalue weighted by molar-refractivity contribution is 9.10. The molecule has 3 aromatic rings. The van der Waals surface area contributed by atoms with Gasteiger partial charge in [-0.1, -0.05) is 23.7 Å². The van der Waals surface area contributed by atoms with E-state index in [0.717, 1.165) is 21.8 Å². The Balaban J connectivity index is 1.68. The number of nitrogens with one attached hydrogen (secondary N) is 1. The first kappa shape index (κ1) is 21.5. The van der Waals surface area contributed by atoms with Gasteiger partial charge >= 0.3 is 0 Å². The van der Waals surface area contributed by atoms with E-state index >= 15 is 0 Å². The van der Waals surface area contributed by atoms with Crippen LogP contribution in [0, 0.1) is 10.1 Å². The molecule has 1 heterocycles. The first-order valence-corrected chi connectivity index (χ1v) is 9.77. The lowest BCUT2D eigenvalue weighted by atomic mass is 10.2. The maximum absolute atomic E-state index is 10.7. The van der Waals surface area contributed by atoms with Gasteiger partial charge in [-0.2, -0.15) is 5.10 Å². The molecule has 0 unspecified atom stereocenters. The lowest BCUT2D eigenvalue weighted by Gasteiger charge is -2.13. The van der Waals surface area contributed by atoms with Crippen molar-refractivity contribution in [2.24, 2.45) is 5.10 Å². The fraction of sp³-hybridized carbons (Fsp3) is 0.100. The zero-order chi connectivity index (χ0) is 21.5. The minimum Gasteiger partial charge on any atom is -0.493 e. The Morgan fingerprint density at radius 1 is 1.23 bits per heavy atom. The molecule has 10 heteroatoms. The molecule has 0 spiro atoms. The Hall–Kier alpha value is -3.17. The van der Waals surface area contributed by atoms with Crippen molar-refractivity contribution in [2.75, 3.05) is 12.5 Å². The zero-order valence-electron chi connectivity index (χ0n) is 15.7. The van der Waals surface area contributed by atoms with Gasteiger partial charge in [-0.05, 0) is 51.8 Å². The molecule has 0 amide bonds. The van der Waals surface area contributed by atoms with Gasteiger partial charge in [-0.3, -0.25) is 15.5 Å². The predicted octanol–water partition coefficient (Wildman–Crippen LogP) is 5.44. The van der Waals surface area contributed by atoms with Crippen LogP contribution >= 0.6 is 27.5 Å². The maximum atomic E-state index is 10.7. The fourth-order valence-corrected chi connectivity index (χ4v) is 2.94. The largest absolute Gasteiger partial charge is 0.493 e.